The van der Waals surface area contributed by atoms with Crippen LogP contribution in [0, 0.1) is 5.92 Å². The molecule has 4 fully saturated rings. The molecule has 4 rings (SSSR count). The molecule has 3 saturated heterocycles. The van der Waals surface area contributed by atoms with E-state index in [-0.39, 0.29) is 28.2 Å². The highest BCUT2D eigenvalue weighted by molar-refractivity contribution is 8.24. The molecule has 0 aromatic carbocycles. The Labute approximate surface area is 115 Å². The van der Waals surface area contributed by atoms with Crippen LogP contribution in [0.4, 0.5) is 0 Å². The van der Waals surface area contributed by atoms with Crippen LogP contribution in [0.15, 0.2) is 0 Å². The Morgan fingerprint density at radius 1 is 1.39 bits per heavy atom. The summed E-state index contributed by atoms with van der Waals surface area (Å²) in [6.45, 7) is -0.150. The van der Waals surface area contributed by atoms with Gasteiger partial charge >= 0.3 is 11.9 Å². The van der Waals surface area contributed by atoms with Gasteiger partial charge in [0.15, 0.2) is 11.8 Å². The number of thiocarbonyl (C=S) groups is 1. The van der Waals surface area contributed by atoms with Crippen molar-refractivity contribution in [1.29, 1.82) is 0 Å². The van der Waals surface area contributed by atoms with Crippen molar-refractivity contribution in [3.63, 3.8) is 0 Å². The number of hydrogen-bond donors (Lipinski definition) is 1. The standard InChI is InChI=1S/C12H15NO3S2/c14-8(15)6-13-9(7-4-2-1-3-5-7)10(11(13)16)18-12(13)17/h7,9-10H,1-6H2/p+1. The summed E-state index contributed by atoms with van der Waals surface area (Å²) in [4.78, 5) is 23.2. The van der Waals surface area contributed by atoms with Crippen molar-refractivity contribution in [3.8, 4) is 0 Å². The molecule has 4 aliphatic rings. The van der Waals surface area contributed by atoms with Gasteiger partial charge in [-0.2, -0.15) is 4.48 Å². The van der Waals surface area contributed by atoms with E-state index in [0.29, 0.717) is 10.2 Å². The van der Waals surface area contributed by atoms with Crippen molar-refractivity contribution < 1.29 is 19.2 Å². The van der Waals surface area contributed by atoms with Crippen molar-refractivity contribution in [2.24, 2.45) is 5.92 Å². The predicted octanol–water partition coefficient (Wildman–Crippen LogP) is 1.78. The average molecular weight is 286 g/mol. The van der Waals surface area contributed by atoms with E-state index in [1.807, 2.05) is 0 Å². The van der Waals surface area contributed by atoms with Crippen molar-refractivity contribution in [3.05, 3.63) is 0 Å². The van der Waals surface area contributed by atoms with Crippen LogP contribution in [-0.4, -0.2) is 43.6 Å². The maximum atomic E-state index is 12.1. The molecule has 1 saturated carbocycles. The molecular formula is C12H16NO3S2+. The number of carbonyl (C=O) groups is 2. The normalized spacial score (nSPS) is 39.8. The van der Waals surface area contributed by atoms with Crippen LogP contribution in [-0.2, 0) is 9.59 Å². The number of carbonyl (C=O) groups excluding carboxylic acids is 1. The van der Waals surface area contributed by atoms with Crippen LogP contribution < -0.4 is 0 Å². The fourth-order valence-corrected chi connectivity index (χ4v) is 5.87. The molecule has 0 spiro atoms. The van der Waals surface area contributed by atoms with Gasteiger partial charge in [0.2, 0.25) is 4.32 Å². The van der Waals surface area contributed by atoms with E-state index < -0.39 is 5.97 Å². The second-order valence-corrected chi connectivity index (χ2v) is 7.23. The van der Waals surface area contributed by atoms with E-state index >= 15 is 0 Å². The van der Waals surface area contributed by atoms with Gasteiger partial charge < -0.3 is 5.11 Å². The molecule has 3 aliphatic heterocycles. The number of rotatable bonds is 3. The van der Waals surface area contributed by atoms with Crippen LogP contribution in [0.25, 0.3) is 0 Å². The first-order chi connectivity index (χ1) is 8.57. The van der Waals surface area contributed by atoms with Gasteiger partial charge in [0.25, 0.3) is 0 Å². The summed E-state index contributed by atoms with van der Waals surface area (Å²) in [6.07, 6.45) is 5.91. The number of aliphatic carboxylic acids is 1. The van der Waals surface area contributed by atoms with E-state index in [0.717, 1.165) is 12.8 Å². The number of β-lactam (4-membered cyclic amide) rings is 1. The minimum Gasteiger partial charge on any atom is -0.477 e. The van der Waals surface area contributed by atoms with Crippen molar-refractivity contribution in [2.75, 3.05) is 6.54 Å². The Morgan fingerprint density at radius 3 is 2.61 bits per heavy atom. The molecule has 3 heterocycles. The number of fused-ring (bicyclic) bond motifs is 1. The van der Waals surface area contributed by atoms with E-state index in [9.17, 15) is 9.59 Å². The summed E-state index contributed by atoms with van der Waals surface area (Å²) in [7, 11) is 0. The molecule has 6 heteroatoms. The molecular weight excluding hydrogens is 270 g/mol. The molecule has 1 amide bonds. The molecule has 1 aliphatic carbocycles. The molecule has 4 nitrogen and oxygen atoms in total. The monoisotopic (exact) mass is 286 g/mol. The third kappa shape index (κ3) is 1.52. The minimum atomic E-state index is -0.924. The number of hydrogen-bond acceptors (Lipinski definition) is 4. The van der Waals surface area contributed by atoms with Gasteiger partial charge in [-0.25, -0.2) is 9.59 Å². The lowest BCUT2D eigenvalue weighted by Crippen LogP contribution is -2.75. The Hall–Kier alpha value is -0.460. The SMILES string of the molecule is O=C(O)C[N+]12C(=O)C(SC1=S)C2C1CCCCC1. The molecule has 0 aromatic rings. The summed E-state index contributed by atoms with van der Waals surface area (Å²) < 4.78 is 0.549. The zero-order chi connectivity index (χ0) is 12.9. The highest BCUT2D eigenvalue weighted by Crippen LogP contribution is 2.55. The van der Waals surface area contributed by atoms with E-state index in [1.165, 1.54) is 31.0 Å². The number of amides is 1. The van der Waals surface area contributed by atoms with Crippen LogP contribution in [0.5, 0.6) is 0 Å². The lowest BCUT2D eigenvalue weighted by atomic mass is 9.76. The second kappa shape index (κ2) is 4.28. The quantitative estimate of drug-likeness (QED) is 0.487. The highest BCUT2D eigenvalue weighted by atomic mass is 32.2. The zero-order valence-corrected chi connectivity index (χ0v) is 11.6. The Bertz CT molecular complexity index is 423. The first-order valence-electron chi connectivity index (χ1n) is 6.42. The van der Waals surface area contributed by atoms with Crippen molar-refractivity contribution in [1.82, 2.24) is 0 Å². The topological polar surface area (TPSA) is 54.4 Å². The van der Waals surface area contributed by atoms with Gasteiger partial charge in [-0.3, -0.25) is 0 Å². The number of carboxylic acid groups (broad SMARTS) is 1. The maximum Gasteiger partial charge on any atom is 0.360 e. The molecule has 2 bridgehead atoms. The average Bonchev–Trinajstić information content (AvgIpc) is 2.76. The molecule has 0 aromatic heterocycles. The number of nitrogens with zero attached hydrogens (tertiary/aromatic N) is 1. The molecule has 0 radical (unpaired) electrons. The molecule has 3 unspecified atom stereocenters. The fourth-order valence-electron chi connectivity index (χ4n) is 3.75. The summed E-state index contributed by atoms with van der Waals surface area (Å²) in [5.74, 6) is -0.413. The van der Waals surface area contributed by atoms with E-state index in [4.69, 9.17) is 17.3 Å². The Balaban J connectivity index is 1.88. The van der Waals surface area contributed by atoms with E-state index in [2.05, 4.69) is 0 Å². The number of thioether (sulfide) groups is 1. The van der Waals surface area contributed by atoms with Crippen LogP contribution in [0.3, 0.4) is 0 Å². The van der Waals surface area contributed by atoms with Crippen LogP contribution in [0.1, 0.15) is 32.1 Å². The van der Waals surface area contributed by atoms with Gasteiger partial charge in [0.05, 0.1) is 0 Å². The first kappa shape index (κ1) is 12.6. The fraction of sp³-hybridized carbons (Fsp3) is 0.750. The molecule has 98 valence electrons. The Kier molecular flexibility index (Phi) is 2.99. The highest BCUT2D eigenvalue weighted by Gasteiger charge is 2.75. The van der Waals surface area contributed by atoms with Gasteiger partial charge in [0, 0.05) is 5.92 Å². The maximum absolute atomic E-state index is 12.1. The van der Waals surface area contributed by atoms with E-state index in [1.54, 1.807) is 0 Å². The third-order valence-corrected chi connectivity index (χ3v) is 6.40. The summed E-state index contributed by atoms with van der Waals surface area (Å²) >= 11 is 6.72. The van der Waals surface area contributed by atoms with Crippen molar-refractivity contribution in [2.45, 2.75) is 43.4 Å². The van der Waals surface area contributed by atoms with Gasteiger partial charge in [-0.1, -0.05) is 19.3 Å². The predicted molar refractivity (Wildman–Crippen MR) is 72.1 cm³/mol. The second-order valence-electron chi connectivity index (χ2n) is 5.45. The zero-order valence-electron chi connectivity index (χ0n) is 10.0. The Morgan fingerprint density at radius 2 is 2.06 bits per heavy atom. The lowest BCUT2D eigenvalue weighted by molar-refractivity contribution is -0.807. The molecule has 18 heavy (non-hydrogen) atoms. The molecule has 3 atom stereocenters. The van der Waals surface area contributed by atoms with Crippen LogP contribution in [0.2, 0.25) is 0 Å². The van der Waals surface area contributed by atoms with Crippen molar-refractivity contribution >= 4 is 40.2 Å². The smallest absolute Gasteiger partial charge is 0.360 e. The van der Waals surface area contributed by atoms with Crippen LogP contribution >= 0.6 is 24.0 Å². The van der Waals surface area contributed by atoms with Gasteiger partial charge in [-0.15, -0.1) is 0 Å². The minimum absolute atomic E-state index is 0.0305. The van der Waals surface area contributed by atoms with Gasteiger partial charge in [0.1, 0.15) is 6.04 Å². The van der Waals surface area contributed by atoms with Gasteiger partial charge in [-0.05, 0) is 36.8 Å². The summed E-state index contributed by atoms with van der Waals surface area (Å²) in [5, 5.41) is 9.02. The largest absolute Gasteiger partial charge is 0.477 e. The summed E-state index contributed by atoms with van der Waals surface area (Å²) in [5.41, 5.74) is 0. The molecule has 1 N–H and O–H groups in total. The summed E-state index contributed by atoms with van der Waals surface area (Å²) in [6, 6.07) is 0.145. The lowest BCUT2D eigenvalue weighted by Gasteiger charge is -2.47. The third-order valence-electron chi connectivity index (χ3n) is 4.53. The number of carboxylic acids is 1. The number of quaternary nitrogens is 1. The first-order valence-corrected chi connectivity index (χ1v) is 7.71.